The average Bonchev–Trinajstić information content (AvgIpc) is 2.76. The zero-order valence-electron chi connectivity index (χ0n) is 20.0. The number of likely N-dealkylation sites (N-methyl/N-ethyl adjacent to an activating group) is 1. The number of nitrogens with one attached hydrogen (secondary N) is 1. The van der Waals surface area contributed by atoms with Crippen LogP contribution in [0.2, 0.25) is 0 Å². The maximum Gasteiger partial charge on any atom is 0.242 e. The summed E-state index contributed by atoms with van der Waals surface area (Å²) in [6.45, 7) is 6.56. The largest absolute Gasteiger partial charge is 0.355 e. The molecule has 1 atom stereocenters. The van der Waals surface area contributed by atoms with E-state index >= 15 is 0 Å². The van der Waals surface area contributed by atoms with E-state index in [4.69, 9.17) is 0 Å². The molecule has 0 aromatic heterocycles. The fourth-order valence-electron chi connectivity index (χ4n) is 3.68. The summed E-state index contributed by atoms with van der Waals surface area (Å²) in [6, 6.07) is 16.5. The molecule has 0 saturated carbocycles. The smallest absolute Gasteiger partial charge is 0.242 e. The predicted molar refractivity (Wildman–Crippen MR) is 133 cm³/mol. The van der Waals surface area contributed by atoms with Gasteiger partial charge in [-0.15, -0.1) is 0 Å². The highest BCUT2D eigenvalue weighted by atomic mass is 32.2. The lowest BCUT2D eigenvalue weighted by molar-refractivity contribution is -0.139. The van der Waals surface area contributed by atoms with Gasteiger partial charge in [-0.1, -0.05) is 42.5 Å². The Hall–Kier alpha value is -2.87. The van der Waals surface area contributed by atoms with Crippen molar-refractivity contribution in [2.24, 2.45) is 0 Å². The molecule has 2 aromatic rings. The molecule has 0 fully saturated rings. The first-order valence-electron chi connectivity index (χ1n) is 11.3. The summed E-state index contributed by atoms with van der Waals surface area (Å²) in [5.74, 6) is -0.362. The Balaban J connectivity index is 2.08. The topological polar surface area (TPSA) is 86.8 Å². The van der Waals surface area contributed by atoms with Crippen molar-refractivity contribution < 1.29 is 18.0 Å². The third kappa shape index (κ3) is 8.20. The van der Waals surface area contributed by atoms with Crippen molar-refractivity contribution in [1.29, 1.82) is 0 Å². The second-order valence-electron chi connectivity index (χ2n) is 8.17. The van der Waals surface area contributed by atoms with Gasteiger partial charge in [0.25, 0.3) is 0 Å². The van der Waals surface area contributed by atoms with Gasteiger partial charge < -0.3 is 10.2 Å². The van der Waals surface area contributed by atoms with Gasteiger partial charge in [-0.3, -0.25) is 13.9 Å². The van der Waals surface area contributed by atoms with Gasteiger partial charge in [0.15, 0.2) is 0 Å². The van der Waals surface area contributed by atoms with Crippen LogP contribution < -0.4 is 9.62 Å². The van der Waals surface area contributed by atoms with Gasteiger partial charge in [-0.05, 0) is 56.9 Å². The molecule has 0 heterocycles. The third-order valence-electron chi connectivity index (χ3n) is 5.44. The zero-order valence-corrected chi connectivity index (χ0v) is 20.8. The molecule has 0 bridgehead atoms. The van der Waals surface area contributed by atoms with E-state index in [0.29, 0.717) is 31.6 Å². The number of carbonyl (C=O) groups excluding carboxylic acids is 2. The Kier molecular flexibility index (Phi) is 9.91. The summed E-state index contributed by atoms with van der Waals surface area (Å²) in [5.41, 5.74) is 2.63. The van der Waals surface area contributed by atoms with Gasteiger partial charge in [0.2, 0.25) is 21.8 Å². The summed E-state index contributed by atoms with van der Waals surface area (Å²) in [4.78, 5) is 27.1. The summed E-state index contributed by atoms with van der Waals surface area (Å²) in [7, 11) is -3.49. The minimum atomic E-state index is -3.49. The highest BCUT2D eigenvalue weighted by Gasteiger charge is 2.26. The molecule has 0 saturated heterocycles. The van der Waals surface area contributed by atoms with Crippen LogP contribution in [-0.4, -0.2) is 57.1 Å². The first-order chi connectivity index (χ1) is 15.6. The van der Waals surface area contributed by atoms with Crippen molar-refractivity contribution >= 4 is 27.5 Å². The Morgan fingerprint density at radius 1 is 1.03 bits per heavy atom. The Labute approximate surface area is 197 Å². The standard InChI is InChI=1S/C25H35N3O4S/c1-5-26-25(30)21(3)27(18-16-22-12-7-6-8-13-22)24(29)15-10-17-28(33(4,31)32)23-14-9-11-20(2)19-23/h6-9,11-14,19,21H,5,10,15-18H2,1-4H3,(H,26,30)/t21-/m1/s1. The van der Waals surface area contributed by atoms with Crippen LogP contribution >= 0.6 is 0 Å². The van der Waals surface area contributed by atoms with Gasteiger partial charge >= 0.3 is 0 Å². The molecule has 2 rings (SSSR count). The minimum Gasteiger partial charge on any atom is -0.355 e. The van der Waals surface area contributed by atoms with E-state index in [0.717, 1.165) is 11.1 Å². The van der Waals surface area contributed by atoms with E-state index in [9.17, 15) is 18.0 Å². The second-order valence-corrected chi connectivity index (χ2v) is 10.1. The molecule has 0 aliphatic rings. The SMILES string of the molecule is CCNC(=O)[C@@H](C)N(CCc1ccccc1)C(=O)CCCN(c1cccc(C)c1)S(C)(=O)=O. The molecule has 8 heteroatoms. The lowest BCUT2D eigenvalue weighted by Crippen LogP contribution is -2.48. The Bertz CT molecular complexity index is 1020. The number of hydrogen-bond donors (Lipinski definition) is 1. The van der Waals surface area contributed by atoms with Crippen LogP contribution in [0.25, 0.3) is 0 Å². The summed E-state index contributed by atoms with van der Waals surface area (Å²) in [6.07, 6.45) is 2.30. The number of hydrogen-bond acceptors (Lipinski definition) is 4. The molecule has 0 unspecified atom stereocenters. The van der Waals surface area contributed by atoms with Crippen molar-refractivity contribution in [2.75, 3.05) is 30.2 Å². The van der Waals surface area contributed by atoms with Crippen LogP contribution in [0.4, 0.5) is 5.69 Å². The number of benzene rings is 2. The van der Waals surface area contributed by atoms with Crippen LogP contribution in [0.1, 0.15) is 37.8 Å². The number of aryl methyl sites for hydroxylation is 1. The van der Waals surface area contributed by atoms with Crippen LogP contribution in [0.3, 0.4) is 0 Å². The Morgan fingerprint density at radius 2 is 1.73 bits per heavy atom. The van der Waals surface area contributed by atoms with Crippen LogP contribution in [0.15, 0.2) is 54.6 Å². The van der Waals surface area contributed by atoms with Gasteiger partial charge in [-0.2, -0.15) is 0 Å². The van der Waals surface area contributed by atoms with E-state index in [-0.39, 0.29) is 24.8 Å². The van der Waals surface area contributed by atoms with E-state index < -0.39 is 16.1 Å². The quantitative estimate of drug-likeness (QED) is 0.513. The second kappa shape index (κ2) is 12.4. The maximum absolute atomic E-state index is 13.1. The van der Waals surface area contributed by atoms with Crippen molar-refractivity contribution in [3.63, 3.8) is 0 Å². The number of sulfonamides is 1. The number of amides is 2. The van der Waals surface area contributed by atoms with Gasteiger partial charge in [0, 0.05) is 26.1 Å². The lowest BCUT2D eigenvalue weighted by Gasteiger charge is -2.29. The highest BCUT2D eigenvalue weighted by Crippen LogP contribution is 2.20. The van der Waals surface area contributed by atoms with E-state index in [1.54, 1.807) is 17.9 Å². The maximum atomic E-state index is 13.1. The van der Waals surface area contributed by atoms with Crippen molar-refractivity contribution in [2.45, 2.75) is 46.1 Å². The molecule has 0 aliphatic carbocycles. The minimum absolute atomic E-state index is 0.149. The molecule has 1 N–H and O–H groups in total. The first-order valence-corrected chi connectivity index (χ1v) is 13.1. The van der Waals surface area contributed by atoms with Crippen LogP contribution in [0.5, 0.6) is 0 Å². The molecule has 2 aromatic carbocycles. The molecular formula is C25H35N3O4S. The predicted octanol–water partition coefficient (Wildman–Crippen LogP) is 3.14. The van der Waals surface area contributed by atoms with Crippen molar-refractivity contribution in [3.8, 4) is 0 Å². The number of rotatable bonds is 12. The first kappa shape index (κ1) is 26.4. The fourth-order valence-corrected chi connectivity index (χ4v) is 4.64. The molecule has 0 aliphatic heterocycles. The van der Waals surface area contributed by atoms with Crippen LogP contribution in [0, 0.1) is 6.92 Å². The number of nitrogens with zero attached hydrogens (tertiary/aromatic N) is 2. The zero-order chi connectivity index (χ0) is 24.4. The molecule has 33 heavy (non-hydrogen) atoms. The number of anilines is 1. The van der Waals surface area contributed by atoms with Gasteiger partial charge in [-0.25, -0.2) is 8.42 Å². The van der Waals surface area contributed by atoms with E-state index in [1.165, 1.54) is 10.6 Å². The van der Waals surface area contributed by atoms with Crippen molar-refractivity contribution in [3.05, 3.63) is 65.7 Å². The molecular weight excluding hydrogens is 438 g/mol. The molecule has 2 amide bonds. The van der Waals surface area contributed by atoms with Gasteiger partial charge in [0.1, 0.15) is 6.04 Å². The third-order valence-corrected chi connectivity index (χ3v) is 6.64. The fraction of sp³-hybridized carbons (Fsp3) is 0.440. The van der Waals surface area contributed by atoms with Crippen molar-refractivity contribution in [1.82, 2.24) is 10.2 Å². The summed E-state index contributed by atoms with van der Waals surface area (Å²) >= 11 is 0. The normalized spacial score (nSPS) is 12.1. The van der Waals surface area contributed by atoms with E-state index in [1.807, 2.05) is 62.4 Å². The molecule has 180 valence electrons. The summed E-state index contributed by atoms with van der Waals surface area (Å²) in [5, 5.41) is 2.78. The lowest BCUT2D eigenvalue weighted by atomic mass is 10.1. The molecule has 7 nitrogen and oxygen atoms in total. The number of carbonyl (C=O) groups is 2. The molecule has 0 radical (unpaired) electrons. The van der Waals surface area contributed by atoms with Gasteiger partial charge in [0.05, 0.1) is 11.9 Å². The monoisotopic (exact) mass is 473 g/mol. The van der Waals surface area contributed by atoms with E-state index in [2.05, 4.69) is 5.32 Å². The van der Waals surface area contributed by atoms with Crippen LogP contribution in [-0.2, 0) is 26.0 Å². The average molecular weight is 474 g/mol. The summed E-state index contributed by atoms with van der Waals surface area (Å²) < 4.78 is 26.0. The molecule has 0 spiro atoms. The highest BCUT2D eigenvalue weighted by molar-refractivity contribution is 7.92. The Morgan fingerprint density at radius 3 is 2.33 bits per heavy atom.